The molecule has 2 N–H and O–H groups in total. The molecule has 20 heavy (non-hydrogen) atoms. The highest BCUT2D eigenvalue weighted by molar-refractivity contribution is 5.76. The van der Waals surface area contributed by atoms with Crippen LogP contribution < -0.4 is 10.1 Å². The van der Waals surface area contributed by atoms with Gasteiger partial charge in [-0.1, -0.05) is 18.2 Å². The molecule has 0 aliphatic rings. The standard InChI is InChI=1S/C15H21NO4/c1-11(12-7-3-4-8-13(12)20-2)16-14(17)9-5-6-10-15(18)19/h3-4,7-8,11H,5-6,9-10H2,1-2H3,(H,16,17)(H,18,19)/t11-/m0/s1. The fourth-order valence-corrected chi connectivity index (χ4v) is 1.98. The summed E-state index contributed by atoms with van der Waals surface area (Å²) in [5, 5.41) is 11.4. The minimum absolute atomic E-state index is 0.0752. The molecule has 110 valence electrons. The summed E-state index contributed by atoms with van der Waals surface area (Å²) in [6.07, 6.45) is 1.55. The minimum Gasteiger partial charge on any atom is -0.496 e. The second-order valence-electron chi connectivity index (χ2n) is 4.63. The maximum Gasteiger partial charge on any atom is 0.303 e. The monoisotopic (exact) mass is 279 g/mol. The number of amides is 1. The number of ether oxygens (including phenoxy) is 1. The summed E-state index contributed by atoms with van der Waals surface area (Å²) in [4.78, 5) is 22.1. The molecule has 0 fully saturated rings. The molecule has 0 aliphatic carbocycles. The van der Waals surface area contributed by atoms with Gasteiger partial charge in [0.2, 0.25) is 5.91 Å². The number of nitrogens with one attached hydrogen (secondary N) is 1. The Morgan fingerprint density at radius 2 is 1.90 bits per heavy atom. The SMILES string of the molecule is COc1ccccc1[C@H](C)NC(=O)CCCCC(=O)O. The van der Waals surface area contributed by atoms with Crippen molar-refractivity contribution >= 4 is 11.9 Å². The quantitative estimate of drug-likeness (QED) is 0.717. The summed E-state index contributed by atoms with van der Waals surface area (Å²) in [5.74, 6) is -0.159. The maximum absolute atomic E-state index is 11.8. The van der Waals surface area contributed by atoms with E-state index in [9.17, 15) is 9.59 Å². The summed E-state index contributed by atoms with van der Waals surface area (Å²) < 4.78 is 5.26. The Morgan fingerprint density at radius 1 is 1.25 bits per heavy atom. The molecule has 0 unspecified atom stereocenters. The number of carboxylic acids is 1. The normalized spacial score (nSPS) is 11.7. The van der Waals surface area contributed by atoms with E-state index in [1.165, 1.54) is 0 Å². The van der Waals surface area contributed by atoms with Crippen LogP contribution in [0.3, 0.4) is 0 Å². The second-order valence-corrected chi connectivity index (χ2v) is 4.63. The Balaban J connectivity index is 2.43. The molecule has 5 heteroatoms. The predicted molar refractivity (Wildman–Crippen MR) is 75.7 cm³/mol. The number of benzene rings is 1. The van der Waals surface area contributed by atoms with E-state index in [1.54, 1.807) is 7.11 Å². The third-order valence-corrected chi connectivity index (χ3v) is 3.03. The molecular weight excluding hydrogens is 258 g/mol. The lowest BCUT2D eigenvalue weighted by atomic mass is 10.1. The van der Waals surface area contributed by atoms with E-state index in [4.69, 9.17) is 9.84 Å². The first kappa shape index (κ1) is 16.0. The summed E-state index contributed by atoms with van der Waals surface area (Å²) in [7, 11) is 1.60. The Hall–Kier alpha value is -2.04. The Kier molecular flexibility index (Phi) is 6.56. The van der Waals surface area contributed by atoms with Gasteiger partial charge >= 0.3 is 5.97 Å². The smallest absolute Gasteiger partial charge is 0.303 e. The first-order chi connectivity index (χ1) is 9.54. The number of rotatable bonds is 8. The van der Waals surface area contributed by atoms with Gasteiger partial charge in [-0.25, -0.2) is 0 Å². The number of methoxy groups -OCH3 is 1. The Morgan fingerprint density at radius 3 is 2.55 bits per heavy atom. The van der Waals surface area contributed by atoms with Crippen LogP contribution >= 0.6 is 0 Å². The van der Waals surface area contributed by atoms with Crippen LogP contribution in [0, 0.1) is 0 Å². The van der Waals surface area contributed by atoms with Crippen molar-refractivity contribution in [3.05, 3.63) is 29.8 Å². The predicted octanol–water partition coefficient (Wildman–Crippen LogP) is 2.52. The van der Waals surface area contributed by atoms with Crippen molar-refractivity contribution in [3.8, 4) is 5.75 Å². The van der Waals surface area contributed by atoms with Crippen LogP contribution in [0.15, 0.2) is 24.3 Å². The van der Waals surface area contributed by atoms with Crippen LogP contribution in [0.1, 0.15) is 44.2 Å². The molecule has 0 saturated heterocycles. The average molecular weight is 279 g/mol. The van der Waals surface area contributed by atoms with Gasteiger partial charge in [0.15, 0.2) is 0 Å². The molecule has 1 aromatic carbocycles. The second kappa shape index (κ2) is 8.19. The molecule has 0 heterocycles. The Labute approximate surface area is 118 Å². The molecule has 0 saturated carbocycles. The molecule has 5 nitrogen and oxygen atoms in total. The van der Waals surface area contributed by atoms with Gasteiger partial charge in [0.05, 0.1) is 13.2 Å². The van der Waals surface area contributed by atoms with Crippen LogP contribution in [-0.2, 0) is 9.59 Å². The molecule has 1 aromatic rings. The highest BCUT2D eigenvalue weighted by atomic mass is 16.5. The Bertz CT molecular complexity index is 459. The number of para-hydroxylation sites is 1. The zero-order valence-corrected chi connectivity index (χ0v) is 11.9. The lowest BCUT2D eigenvalue weighted by molar-refractivity contribution is -0.137. The number of hydrogen-bond donors (Lipinski definition) is 2. The maximum atomic E-state index is 11.8. The van der Waals surface area contributed by atoms with Crippen molar-refractivity contribution in [2.75, 3.05) is 7.11 Å². The molecule has 1 amide bonds. The van der Waals surface area contributed by atoms with Gasteiger partial charge < -0.3 is 15.2 Å². The van der Waals surface area contributed by atoms with E-state index < -0.39 is 5.97 Å². The third-order valence-electron chi connectivity index (χ3n) is 3.03. The van der Waals surface area contributed by atoms with E-state index in [0.29, 0.717) is 19.3 Å². The van der Waals surface area contributed by atoms with Gasteiger partial charge in [-0.2, -0.15) is 0 Å². The van der Waals surface area contributed by atoms with Crippen molar-refractivity contribution in [2.24, 2.45) is 0 Å². The number of carbonyl (C=O) groups excluding carboxylic acids is 1. The molecule has 0 aromatic heterocycles. The molecular formula is C15H21NO4. The van der Waals surface area contributed by atoms with Crippen LogP contribution in [-0.4, -0.2) is 24.1 Å². The van der Waals surface area contributed by atoms with Gasteiger partial charge in [-0.3, -0.25) is 9.59 Å². The van der Waals surface area contributed by atoms with E-state index in [-0.39, 0.29) is 18.4 Å². The van der Waals surface area contributed by atoms with E-state index in [1.807, 2.05) is 31.2 Å². The molecule has 1 atom stereocenters. The number of unbranched alkanes of at least 4 members (excludes halogenated alkanes) is 1. The molecule has 1 rings (SSSR count). The van der Waals surface area contributed by atoms with Crippen LogP contribution in [0.25, 0.3) is 0 Å². The van der Waals surface area contributed by atoms with E-state index in [2.05, 4.69) is 5.32 Å². The van der Waals surface area contributed by atoms with Gasteiger partial charge in [-0.05, 0) is 25.8 Å². The molecule has 0 spiro atoms. The largest absolute Gasteiger partial charge is 0.496 e. The summed E-state index contributed by atoms with van der Waals surface area (Å²) in [6.45, 7) is 1.90. The average Bonchev–Trinajstić information content (AvgIpc) is 2.43. The van der Waals surface area contributed by atoms with Crippen molar-refractivity contribution in [3.63, 3.8) is 0 Å². The number of carbonyl (C=O) groups is 2. The zero-order valence-electron chi connectivity index (χ0n) is 11.9. The highest BCUT2D eigenvalue weighted by Gasteiger charge is 2.13. The number of carboxylic acid groups (broad SMARTS) is 1. The third kappa shape index (κ3) is 5.30. The summed E-state index contributed by atoms with van der Waals surface area (Å²) in [6, 6.07) is 7.40. The fraction of sp³-hybridized carbons (Fsp3) is 0.467. The number of hydrogen-bond acceptors (Lipinski definition) is 3. The minimum atomic E-state index is -0.826. The fourth-order valence-electron chi connectivity index (χ4n) is 1.98. The molecule has 0 aliphatic heterocycles. The first-order valence-corrected chi connectivity index (χ1v) is 6.68. The number of aliphatic carboxylic acids is 1. The van der Waals surface area contributed by atoms with Crippen molar-refractivity contribution in [1.82, 2.24) is 5.32 Å². The van der Waals surface area contributed by atoms with Crippen molar-refractivity contribution < 1.29 is 19.4 Å². The molecule has 0 radical (unpaired) electrons. The van der Waals surface area contributed by atoms with Crippen molar-refractivity contribution in [1.29, 1.82) is 0 Å². The summed E-state index contributed by atoms with van der Waals surface area (Å²) in [5.41, 5.74) is 0.925. The van der Waals surface area contributed by atoms with Gasteiger partial charge in [-0.15, -0.1) is 0 Å². The highest BCUT2D eigenvalue weighted by Crippen LogP contribution is 2.24. The van der Waals surface area contributed by atoms with Crippen LogP contribution in [0.2, 0.25) is 0 Å². The topological polar surface area (TPSA) is 75.6 Å². The van der Waals surface area contributed by atoms with Crippen LogP contribution in [0.4, 0.5) is 0 Å². The van der Waals surface area contributed by atoms with Gasteiger partial charge in [0, 0.05) is 18.4 Å². The van der Waals surface area contributed by atoms with E-state index >= 15 is 0 Å². The summed E-state index contributed by atoms with van der Waals surface area (Å²) >= 11 is 0. The lowest BCUT2D eigenvalue weighted by Crippen LogP contribution is -2.26. The van der Waals surface area contributed by atoms with Gasteiger partial charge in [0.1, 0.15) is 5.75 Å². The van der Waals surface area contributed by atoms with Gasteiger partial charge in [0.25, 0.3) is 0 Å². The lowest BCUT2D eigenvalue weighted by Gasteiger charge is -2.17. The van der Waals surface area contributed by atoms with Crippen LogP contribution in [0.5, 0.6) is 5.75 Å². The molecule has 0 bridgehead atoms. The zero-order chi connectivity index (χ0) is 15.0. The first-order valence-electron chi connectivity index (χ1n) is 6.68. The van der Waals surface area contributed by atoms with E-state index in [0.717, 1.165) is 11.3 Å². The van der Waals surface area contributed by atoms with Crippen molar-refractivity contribution in [2.45, 2.75) is 38.6 Å².